The second kappa shape index (κ2) is 11.6. The summed E-state index contributed by atoms with van der Waals surface area (Å²) in [5, 5.41) is 36.7. The number of hydrogen-bond donors (Lipinski definition) is 4. The Bertz CT molecular complexity index is 1240. The Morgan fingerprint density at radius 1 is 0.929 bits per heavy atom. The number of carbonyl (C=O) groups is 1. The SMILES string of the molecule is C[C@H](CCC(=O)Nc1ccc(Oc2ccccc2)cc1)[C@@H]1CC[C@@H]2[C@@H]3[C@H](O)C[C@H]4C[C@H](O)CC[C@]4(C)[C@@H]3C[C@H](O)[C@@]21C. The van der Waals surface area contributed by atoms with Crippen LogP contribution >= 0.6 is 0 Å². The smallest absolute Gasteiger partial charge is 0.224 e. The van der Waals surface area contributed by atoms with Crippen molar-refractivity contribution in [2.75, 3.05) is 5.32 Å². The first kappa shape index (κ1) is 29.7. The van der Waals surface area contributed by atoms with Gasteiger partial charge in [-0.05, 0) is 134 Å². The van der Waals surface area contributed by atoms with Crippen molar-refractivity contribution in [3.05, 3.63) is 54.6 Å². The molecule has 6 nitrogen and oxygen atoms in total. The van der Waals surface area contributed by atoms with Gasteiger partial charge in [-0.15, -0.1) is 0 Å². The Kier molecular flexibility index (Phi) is 8.18. The highest BCUT2D eigenvalue weighted by molar-refractivity contribution is 5.90. The Labute approximate surface area is 250 Å². The van der Waals surface area contributed by atoms with E-state index in [1.54, 1.807) is 0 Å². The summed E-state index contributed by atoms with van der Waals surface area (Å²) in [6, 6.07) is 17.1. The molecular formula is C36H49NO5. The fourth-order valence-corrected chi connectivity index (χ4v) is 10.1. The van der Waals surface area contributed by atoms with Crippen molar-refractivity contribution >= 4 is 11.6 Å². The molecule has 4 aliphatic rings. The number of amides is 1. The maximum absolute atomic E-state index is 12.9. The molecule has 4 fully saturated rings. The molecule has 1 amide bonds. The normalized spacial score (nSPS) is 39.9. The molecule has 6 heteroatoms. The third-order valence-electron chi connectivity index (χ3n) is 12.5. The Morgan fingerprint density at radius 2 is 1.64 bits per heavy atom. The van der Waals surface area contributed by atoms with Crippen molar-refractivity contribution in [2.24, 2.45) is 46.3 Å². The fraction of sp³-hybridized carbons (Fsp3) is 0.639. The summed E-state index contributed by atoms with van der Waals surface area (Å²) in [5.74, 6) is 3.26. The lowest BCUT2D eigenvalue weighted by atomic mass is 9.43. The number of rotatable bonds is 7. The zero-order valence-corrected chi connectivity index (χ0v) is 25.4. The molecule has 0 saturated heterocycles. The minimum atomic E-state index is -0.404. The maximum atomic E-state index is 12.9. The Hall–Kier alpha value is -2.41. The van der Waals surface area contributed by atoms with E-state index in [0.717, 1.165) is 68.6 Å². The van der Waals surface area contributed by atoms with Crippen LogP contribution in [0.2, 0.25) is 0 Å². The fourth-order valence-electron chi connectivity index (χ4n) is 10.1. The van der Waals surface area contributed by atoms with Crippen LogP contribution in [0.1, 0.15) is 78.6 Å². The molecular weight excluding hydrogens is 526 g/mol. The molecule has 4 N–H and O–H groups in total. The van der Waals surface area contributed by atoms with Crippen LogP contribution in [0.3, 0.4) is 0 Å². The summed E-state index contributed by atoms with van der Waals surface area (Å²) >= 11 is 0. The predicted octanol–water partition coefficient (Wildman–Crippen LogP) is 6.80. The average Bonchev–Trinajstić information content (AvgIpc) is 3.33. The summed E-state index contributed by atoms with van der Waals surface area (Å²) in [6.07, 6.45) is 6.38. The molecule has 0 bridgehead atoms. The molecule has 0 radical (unpaired) electrons. The molecule has 4 aliphatic carbocycles. The van der Waals surface area contributed by atoms with Crippen LogP contribution in [0.4, 0.5) is 5.69 Å². The number of aliphatic hydroxyl groups excluding tert-OH is 3. The largest absolute Gasteiger partial charge is 0.457 e. The van der Waals surface area contributed by atoms with Crippen molar-refractivity contribution in [2.45, 2.75) is 96.9 Å². The maximum Gasteiger partial charge on any atom is 0.224 e. The summed E-state index contributed by atoms with van der Waals surface area (Å²) < 4.78 is 5.85. The number of carbonyl (C=O) groups excluding carboxylic acids is 1. The van der Waals surface area contributed by atoms with E-state index < -0.39 is 6.10 Å². The van der Waals surface area contributed by atoms with Gasteiger partial charge in [0.1, 0.15) is 11.5 Å². The minimum absolute atomic E-state index is 0.00342. The van der Waals surface area contributed by atoms with E-state index >= 15 is 0 Å². The Balaban J connectivity index is 1.07. The van der Waals surface area contributed by atoms with Gasteiger partial charge in [0, 0.05) is 12.1 Å². The summed E-state index contributed by atoms with van der Waals surface area (Å²) in [5.41, 5.74) is 0.589. The van der Waals surface area contributed by atoms with Crippen LogP contribution in [-0.4, -0.2) is 39.5 Å². The lowest BCUT2D eigenvalue weighted by Crippen LogP contribution is -2.62. The number of anilines is 1. The molecule has 6 rings (SSSR count). The number of nitrogens with one attached hydrogen (secondary N) is 1. The van der Waals surface area contributed by atoms with Gasteiger partial charge in [0.15, 0.2) is 0 Å². The van der Waals surface area contributed by atoms with Crippen LogP contribution in [0.15, 0.2) is 54.6 Å². The van der Waals surface area contributed by atoms with Gasteiger partial charge in [0.25, 0.3) is 0 Å². The lowest BCUT2D eigenvalue weighted by molar-refractivity contribution is -0.207. The molecule has 2 aromatic carbocycles. The monoisotopic (exact) mass is 575 g/mol. The topological polar surface area (TPSA) is 99.0 Å². The van der Waals surface area contributed by atoms with Crippen LogP contribution in [0, 0.1) is 46.3 Å². The summed E-state index contributed by atoms with van der Waals surface area (Å²) in [7, 11) is 0. The molecule has 0 aromatic heterocycles. The van der Waals surface area contributed by atoms with Crippen LogP contribution in [-0.2, 0) is 4.79 Å². The first-order valence-corrected chi connectivity index (χ1v) is 16.3. The molecule has 42 heavy (non-hydrogen) atoms. The number of benzene rings is 2. The minimum Gasteiger partial charge on any atom is -0.457 e. The van der Waals surface area contributed by atoms with E-state index in [1.807, 2.05) is 54.6 Å². The summed E-state index contributed by atoms with van der Waals surface area (Å²) in [4.78, 5) is 12.9. The van der Waals surface area contributed by atoms with Gasteiger partial charge in [-0.3, -0.25) is 4.79 Å². The Morgan fingerprint density at radius 3 is 2.38 bits per heavy atom. The number of para-hydroxylation sites is 1. The van der Waals surface area contributed by atoms with Gasteiger partial charge in [-0.1, -0.05) is 39.0 Å². The van der Waals surface area contributed by atoms with Crippen LogP contribution < -0.4 is 10.1 Å². The molecule has 0 spiro atoms. The van der Waals surface area contributed by atoms with Gasteiger partial charge in [-0.2, -0.15) is 0 Å². The van der Waals surface area contributed by atoms with Crippen molar-refractivity contribution in [3.8, 4) is 11.5 Å². The van der Waals surface area contributed by atoms with E-state index in [2.05, 4.69) is 26.1 Å². The van der Waals surface area contributed by atoms with Crippen molar-refractivity contribution < 1.29 is 24.9 Å². The molecule has 0 aliphatic heterocycles. The van der Waals surface area contributed by atoms with Gasteiger partial charge in [0.2, 0.25) is 5.91 Å². The van der Waals surface area contributed by atoms with Gasteiger partial charge in [-0.25, -0.2) is 0 Å². The van der Waals surface area contributed by atoms with Crippen LogP contribution in [0.5, 0.6) is 11.5 Å². The number of fused-ring (bicyclic) bond motifs is 5. The summed E-state index contributed by atoms with van der Waals surface area (Å²) in [6.45, 7) is 6.90. The molecule has 228 valence electrons. The van der Waals surface area contributed by atoms with Crippen LogP contribution in [0.25, 0.3) is 0 Å². The highest BCUT2D eigenvalue weighted by atomic mass is 16.5. The van der Waals surface area contributed by atoms with Crippen molar-refractivity contribution in [1.29, 1.82) is 0 Å². The number of hydrogen-bond acceptors (Lipinski definition) is 5. The third-order valence-corrected chi connectivity index (χ3v) is 12.5. The van der Waals surface area contributed by atoms with E-state index in [9.17, 15) is 20.1 Å². The zero-order valence-electron chi connectivity index (χ0n) is 25.4. The molecule has 11 atom stereocenters. The highest BCUT2D eigenvalue weighted by Crippen LogP contribution is 2.68. The number of ether oxygens (including phenoxy) is 1. The van der Waals surface area contributed by atoms with E-state index in [1.165, 1.54) is 0 Å². The molecule has 0 unspecified atom stereocenters. The number of aliphatic hydroxyl groups is 3. The second-order valence-electron chi connectivity index (χ2n) is 14.5. The van der Waals surface area contributed by atoms with E-state index in [4.69, 9.17) is 4.74 Å². The standard InChI is InChI=1S/C36H49NO5/c1-22(9-16-33(41)37-24-10-12-27(13-11-24)42-26-7-5-4-6-8-26)28-14-15-29-34-30(21-32(40)36(28,29)3)35(2)18-17-25(38)19-23(35)20-31(34)39/h4-8,10-13,22-23,25,28-32,34,38-40H,9,14-21H2,1-3H3,(H,37,41)/t22-,23-,25-,28+,29-,30-,31-,32+,34+,35+,36-/m1/s1. The zero-order chi connectivity index (χ0) is 29.6. The molecule has 0 heterocycles. The van der Waals surface area contributed by atoms with Gasteiger partial charge >= 0.3 is 0 Å². The molecule has 4 saturated carbocycles. The third kappa shape index (κ3) is 5.28. The van der Waals surface area contributed by atoms with Crippen molar-refractivity contribution in [3.63, 3.8) is 0 Å². The van der Waals surface area contributed by atoms with Gasteiger partial charge in [0.05, 0.1) is 18.3 Å². The highest BCUT2D eigenvalue weighted by Gasteiger charge is 2.65. The quantitative estimate of drug-likeness (QED) is 0.291. The molecule has 2 aromatic rings. The first-order chi connectivity index (χ1) is 20.1. The van der Waals surface area contributed by atoms with Crippen molar-refractivity contribution in [1.82, 2.24) is 0 Å². The van der Waals surface area contributed by atoms with E-state index in [0.29, 0.717) is 36.0 Å². The van der Waals surface area contributed by atoms with Gasteiger partial charge < -0.3 is 25.4 Å². The predicted molar refractivity (Wildman–Crippen MR) is 164 cm³/mol. The first-order valence-electron chi connectivity index (χ1n) is 16.3. The second-order valence-corrected chi connectivity index (χ2v) is 14.5. The lowest BCUT2D eigenvalue weighted by Gasteiger charge is -2.63. The van der Waals surface area contributed by atoms with E-state index in [-0.39, 0.29) is 34.9 Å². The average molecular weight is 576 g/mol.